The molecule has 4 rings (SSSR count). The standard InChI is InChI=1S/C19H31N5O/c25-19(21-17-6-2-1-3-7-17)23-10-4-5-16(13-23)11-18-22-20-14-24(18)12-15-8-9-15/h14-17H,1-13H2,(H,21,25). The van der Waals surface area contributed by atoms with E-state index in [0.717, 1.165) is 57.1 Å². The highest BCUT2D eigenvalue weighted by Gasteiger charge is 2.28. The van der Waals surface area contributed by atoms with Crippen molar-refractivity contribution >= 4 is 6.03 Å². The molecular weight excluding hydrogens is 314 g/mol. The summed E-state index contributed by atoms with van der Waals surface area (Å²) >= 11 is 0. The number of aromatic nitrogens is 3. The molecule has 1 unspecified atom stereocenters. The molecule has 1 aliphatic heterocycles. The van der Waals surface area contributed by atoms with Crippen LogP contribution in [0.25, 0.3) is 0 Å². The lowest BCUT2D eigenvalue weighted by Gasteiger charge is -2.34. The SMILES string of the molecule is O=C(NC1CCCCC1)N1CCCC(Cc2nncn2CC2CC2)C1. The van der Waals surface area contributed by atoms with Gasteiger partial charge in [-0.2, -0.15) is 0 Å². The maximum atomic E-state index is 12.6. The molecule has 6 heteroatoms. The van der Waals surface area contributed by atoms with Crippen LogP contribution in [0.3, 0.4) is 0 Å². The normalized spacial score (nSPS) is 25.1. The molecule has 0 aromatic carbocycles. The molecule has 2 aliphatic carbocycles. The fourth-order valence-electron chi connectivity index (χ4n) is 4.36. The zero-order chi connectivity index (χ0) is 17.1. The van der Waals surface area contributed by atoms with E-state index in [-0.39, 0.29) is 6.03 Å². The zero-order valence-electron chi connectivity index (χ0n) is 15.2. The first-order chi connectivity index (χ1) is 12.3. The molecule has 1 N–H and O–H groups in total. The Bertz CT molecular complexity index is 576. The first-order valence-electron chi connectivity index (χ1n) is 10.2. The average molecular weight is 345 g/mol. The van der Waals surface area contributed by atoms with Crippen molar-refractivity contribution < 1.29 is 4.79 Å². The molecule has 25 heavy (non-hydrogen) atoms. The van der Waals surface area contributed by atoms with Gasteiger partial charge >= 0.3 is 6.03 Å². The van der Waals surface area contributed by atoms with Crippen molar-refractivity contribution in [3.63, 3.8) is 0 Å². The molecule has 138 valence electrons. The molecule has 6 nitrogen and oxygen atoms in total. The highest BCUT2D eigenvalue weighted by atomic mass is 16.2. The number of urea groups is 1. The fraction of sp³-hybridized carbons (Fsp3) is 0.842. The maximum absolute atomic E-state index is 12.6. The van der Waals surface area contributed by atoms with E-state index >= 15 is 0 Å². The van der Waals surface area contributed by atoms with Crippen LogP contribution in [0.5, 0.6) is 0 Å². The number of piperidine rings is 1. The number of carbonyl (C=O) groups is 1. The van der Waals surface area contributed by atoms with E-state index in [1.54, 1.807) is 0 Å². The highest BCUT2D eigenvalue weighted by Crippen LogP contribution is 2.31. The van der Waals surface area contributed by atoms with Crippen LogP contribution >= 0.6 is 0 Å². The summed E-state index contributed by atoms with van der Waals surface area (Å²) in [4.78, 5) is 14.6. The zero-order valence-corrected chi connectivity index (χ0v) is 15.2. The third kappa shape index (κ3) is 4.53. The van der Waals surface area contributed by atoms with Gasteiger partial charge in [0.15, 0.2) is 0 Å². The van der Waals surface area contributed by atoms with Crippen LogP contribution in [0.4, 0.5) is 4.79 Å². The summed E-state index contributed by atoms with van der Waals surface area (Å²) in [7, 11) is 0. The Kier molecular flexibility index (Phi) is 5.22. The largest absolute Gasteiger partial charge is 0.335 e. The van der Waals surface area contributed by atoms with Gasteiger partial charge in [0.25, 0.3) is 0 Å². The molecule has 3 fully saturated rings. The van der Waals surface area contributed by atoms with Gasteiger partial charge in [0.2, 0.25) is 0 Å². The third-order valence-corrected chi connectivity index (χ3v) is 6.06. The molecule has 1 aromatic rings. The maximum Gasteiger partial charge on any atom is 0.317 e. The predicted octanol–water partition coefficient (Wildman–Crippen LogP) is 2.98. The molecule has 3 aliphatic rings. The van der Waals surface area contributed by atoms with Crippen molar-refractivity contribution in [2.45, 2.75) is 76.8 Å². The van der Waals surface area contributed by atoms with Gasteiger partial charge in [-0.1, -0.05) is 19.3 Å². The van der Waals surface area contributed by atoms with Crippen LogP contribution in [-0.4, -0.2) is 44.8 Å². The Hall–Kier alpha value is -1.59. The van der Waals surface area contributed by atoms with Gasteiger partial charge < -0.3 is 14.8 Å². The second-order valence-corrected chi connectivity index (χ2v) is 8.29. The van der Waals surface area contributed by atoms with Gasteiger partial charge in [-0.3, -0.25) is 0 Å². The van der Waals surface area contributed by atoms with Crippen LogP contribution in [-0.2, 0) is 13.0 Å². The van der Waals surface area contributed by atoms with E-state index in [0.29, 0.717) is 12.0 Å². The van der Waals surface area contributed by atoms with E-state index in [4.69, 9.17) is 0 Å². The van der Waals surface area contributed by atoms with Crippen LogP contribution in [0.1, 0.15) is 63.6 Å². The molecular formula is C19H31N5O. The number of rotatable bonds is 5. The molecule has 1 aromatic heterocycles. The van der Waals surface area contributed by atoms with Crippen molar-refractivity contribution in [2.75, 3.05) is 13.1 Å². The van der Waals surface area contributed by atoms with Gasteiger partial charge in [-0.05, 0) is 50.4 Å². The number of hydrogen-bond acceptors (Lipinski definition) is 3. The highest BCUT2D eigenvalue weighted by molar-refractivity contribution is 5.74. The van der Waals surface area contributed by atoms with E-state index in [2.05, 4.69) is 20.1 Å². The third-order valence-electron chi connectivity index (χ3n) is 6.06. The Morgan fingerprint density at radius 1 is 1.08 bits per heavy atom. The van der Waals surface area contributed by atoms with E-state index in [9.17, 15) is 4.79 Å². The monoisotopic (exact) mass is 345 g/mol. The van der Waals surface area contributed by atoms with Crippen LogP contribution < -0.4 is 5.32 Å². The van der Waals surface area contributed by atoms with E-state index in [1.807, 2.05) is 11.2 Å². The average Bonchev–Trinajstić information content (AvgIpc) is 3.35. The van der Waals surface area contributed by atoms with Gasteiger partial charge in [0.05, 0.1) is 0 Å². The summed E-state index contributed by atoms with van der Waals surface area (Å²) < 4.78 is 2.23. The summed E-state index contributed by atoms with van der Waals surface area (Å²) in [5.41, 5.74) is 0. The first kappa shape index (κ1) is 16.9. The molecule has 0 bridgehead atoms. The van der Waals surface area contributed by atoms with E-state index < -0.39 is 0 Å². The minimum atomic E-state index is 0.149. The first-order valence-corrected chi connectivity index (χ1v) is 10.2. The number of carbonyl (C=O) groups excluding carboxylic acids is 1. The Morgan fingerprint density at radius 2 is 1.92 bits per heavy atom. The van der Waals surface area contributed by atoms with Gasteiger partial charge in [-0.15, -0.1) is 10.2 Å². The fourth-order valence-corrected chi connectivity index (χ4v) is 4.36. The lowest BCUT2D eigenvalue weighted by Crippen LogP contribution is -2.49. The Balaban J connectivity index is 1.29. The van der Waals surface area contributed by atoms with Crippen LogP contribution in [0, 0.1) is 11.8 Å². The van der Waals surface area contributed by atoms with Crippen LogP contribution in [0.15, 0.2) is 6.33 Å². The topological polar surface area (TPSA) is 63.1 Å². The molecule has 0 spiro atoms. The number of nitrogens with one attached hydrogen (secondary N) is 1. The molecule has 0 radical (unpaired) electrons. The number of nitrogens with zero attached hydrogens (tertiary/aromatic N) is 4. The van der Waals surface area contributed by atoms with Gasteiger partial charge in [0, 0.05) is 32.1 Å². The number of hydrogen-bond donors (Lipinski definition) is 1. The summed E-state index contributed by atoms with van der Waals surface area (Å²) in [6.45, 7) is 2.82. The lowest BCUT2D eigenvalue weighted by molar-refractivity contribution is 0.158. The van der Waals surface area contributed by atoms with Crippen molar-refractivity contribution in [3.05, 3.63) is 12.2 Å². The number of amides is 2. The summed E-state index contributed by atoms with van der Waals surface area (Å²) in [6.07, 6.45) is 13.9. The quantitative estimate of drug-likeness (QED) is 0.892. The van der Waals surface area contributed by atoms with E-state index in [1.165, 1.54) is 38.5 Å². The minimum absolute atomic E-state index is 0.149. The molecule has 2 amide bonds. The summed E-state index contributed by atoms with van der Waals surface area (Å²) in [5.74, 6) is 2.44. The van der Waals surface area contributed by atoms with Gasteiger partial charge in [-0.25, -0.2) is 4.79 Å². The van der Waals surface area contributed by atoms with Crippen molar-refractivity contribution in [1.82, 2.24) is 25.0 Å². The second kappa shape index (κ2) is 7.75. The predicted molar refractivity (Wildman–Crippen MR) is 96.2 cm³/mol. The second-order valence-electron chi connectivity index (χ2n) is 8.29. The molecule has 1 saturated heterocycles. The molecule has 1 atom stereocenters. The van der Waals surface area contributed by atoms with Crippen molar-refractivity contribution in [1.29, 1.82) is 0 Å². The summed E-state index contributed by atoms with van der Waals surface area (Å²) in [6, 6.07) is 0.541. The Morgan fingerprint density at radius 3 is 2.72 bits per heavy atom. The molecule has 2 saturated carbocycles. The lowest BCUT2D eigenvalue weighted by atomic mass is 9.94. The van der Waals surface area contributed by atoms with Crippen LogP contribution in [0.2, 0.25) is 0 Å². The smallest absolute Gasteiger partial charge is 0.317 e. The number of likely N-dealkylation sites (tertiary alicyclic amines) is 1. The van der Waals surface area contributed by atoms with Gasteiger partial charge in [0.1, 0.15) is 12.2 Å². The van der Waals surface area contributed by atoms with Crippen molar-refractivity contribution in [3.8, 4) is 0 Å². The van der Waals surface area contributed by atoms with Crippen molar-refractivity contribution in [2.24, 2.45) is 11.8 Å². The summed E-state index contributed by atoms with van der Waals surface area (Å²) in [5, 5.41) is 11.7. The molecule has 2 heterocycles. The Labute approximate surface area is 150 Å². The minimum Gasteiger partial charge on any atom is -0.335 e.